The number of nitrogens with two attached hydrogens (primary N) is 1. The predicted molar refractivity (Wildman–Crippen MR) is 98.6 cm³/mol. The van der Waals surface area contributed by atoms with Gasteiger partial charge in [-0.05, 0) is 35.6 Å². The third-order valence-corrected chi connectivity index (χ3v) is 4.84. The third kappa shape index (κ3) is 5.49. The molecule has 4 N–H and O–H groups in total. The molecule has 6 nitrogen and oxygen atoms in total. The summed E-state index contributed by atoms with van der Waals surface area (Å²) in [6.07, 6.45) is 0.890. The maximum absolute atomic E-state index is 12.5. The summed E-state index contributed by atoms with van der Waals surface area (Å²) in [5.74, 6) is 0.628. The zero-order valence-electron chi connectivity index (χ0n) is 14.3. The Hall–Kier alpha value is -2.54. The molecule has 0 aliphatic rings. The molecule has 25 heavy (non-hydrogen) atoms. The van der Waals surface area contributed by atoms with Gasteiger partial charge in [0.1, 0.15) is 5.75 Å². The Balaban J connectivity index is 2.03. The summed E-state index contributed by atoms with van der Waals surface area (Å²) in [5.41, 5.74) is 6.24. The van der Waals surface area contributed by atoms with E-state index >= 15 is 0 Å². The van der Waals surface area contributed by atoms with Crippen LogP contribution < -0.4 is 21.1 Å². The summed E-state index contributed by atoms with van der Waals surface area (Å²) in [5, 5.41) is 7.55. The first kappa shape index (κ1) is 18.8. The van der Waals surface area contributed by atoms with Crippen molar-refractivity contribution in [1.82, 2.24) is 10.6 Å². The number of urea groups is 1. The van der Waals surface area contributed by atoms with Gasteiger partial charge in [0.2, 0.25) is 5.91 Å². The number of amides is 3. The first-order valence-corrected chi connectivity index (χ1v) is 8.94. The second-order valence-electron chi connectivity index (χ2n) is 5.58. The van der Waals surface area contributed by atoms with E-state index in [-0.39, 0.29) is 18.4 Å². The number of hydrogen-bond donors (Lipinski definition) is 3. The largest absolute Gasteiger partial charge is 0.497 e. The van der Waals surface area contributed by atoms with Crippen LogP contribution in [0.5, 0.6) is 5.75 Å². The Bertz CT molecular complexity index is 686. The SMILES string of the molecule is CCC(NC(=O)CC(NC(N)=O)c1cccs1)c1ccc(OC)cc1. The van der Waals surface area contributed by atoms with Crippen LogP contribution in [0.25, 0.3) is 0 Å². The number of thiophene rings is 1. The molecule has 0 fully saturated rings. The maximum atomic E-state index is 12.5. The first-order chi connectivity index (χ1) is 12.0. The molecule has 2 aromatic rings. The van der Waals surface area contributed by atoms with Crippen molar-refractivity contribution in [2.75, 3.05) is 7.11 Å². The number of carbonyl (C=O) groups excluding carboxylic acids is 2. The number of methoxy groups -OCH3 is 1. The molecule has 2 rings (SSSR count). The molecule has 0 radical (unpaired) electrons. The smallest absolute Gasteiger partial charge is 0.312 e. The summed E-state index contributed by atoms with van der Waals surface area (Å²) in [6.45, 7) is 2.01. The zero-order valence-corrected chi connectivity index (χ0v) is 15.1. The van der Waals surface area contributed by atoms with Crippen LogP contribution in [0.2, 0.25) is 0 Å². The number of ether oxygens (including phenoxy) is 1. The van der Waals surface area contributed by atoms with Crippen LogP contribution in [0.1, 0.15) is 42.3 Å². The molecule has 0 saturated carbocycles. The van der Waals surface area contributed by atoms with Gasteiger partial charge in [0, 0.05) is 4.88 Å². The van der Waals surface area contributed by atoms with Crippen LogP contribution in [-0.2, 0) is 4.79 Å². The molecule has 134 valence electrons. The van der Waals surface area contributed by atoms with Crippen molar-refractivity contribution in [3.05, 3.63) is 52.2 Å². The number of benzene rings is 1. The topological polar surface area (TPSA) is 93.5 Å². The van der Waals surface area contributed by atoms with Gasteiger partial charge >= 0.3 is 6.03 Å². The lowest BCUT2D eigenvalue weighted by atomic mass is 10.0. The van der Waals surface area contributed by atoms with Crippen molar-refractivity contribution < 1.29 is 14.3 Å². The van der Waals surface area contributed by atoms with E-state index in [1.807, 2.05) is 48.7 Å². The molecule has 0 saturated heterocycles. The van der Waals surface area contributed by atoms with Crippen molar-refractivity contribution in [1.29, 1.82) is 0 Å². The lowest BCUT2D eigenvalue weighted by molar-refractivity contribution is -0.122. The fourth-order valence-electron chi connectivity index (χ4n) is 2.58. The van der Waals surface area contributed by atoms with Gasteiger partial charge in [0.25, 0.3) is 0 Å². The Kier molecular flexibility index (Phi) is 6.82. The van der Waals surface area contributed by atoms with Gasteiger partial charge in [0.15, 0.2) is 0 Å². The maximum Gasteiger partial charge on any atom is 0.312 e. The molecular formula is C18H23N3O3S. The van der Waals surface area contributed by atoms with Gasteiger partial charge in [-0.2, -0.15) is 0 Å². The van der Waals surface area contributed by atoms with Crippen molar-refractivity contribution in [2.45, 2.75) is 31.8 Å². The van der Waals surface area contributed by atoms with Crippen LogP contribution in [0.3, 0.4) is 0 Å². The molecule has 7 heteroatoms. The summed E-state index contributed by atoms with van der Waals surface area (Å²) in [6, 6.07) is 10.2. The van der Waals surface area contributed by atoms with Crippen molar-refractivity contribution in [3.8, 4) is 5.75 Å². The highest BCUT2D eigenvalue weighted by atomic mass is 32.1. The number of primary amides is 1. The van der Waals surface area contributed by atoms with E-state index in [1.54, 1.807) is 7.11 Å². The van der Waals surface area contributed by atoms with Crippen molar-refractivity contribution >= 4 is 23.3 Å². The van der Waals surface area contributed by atoms with Gasteiger partial charge in [0.05, 0.1) is 25.6 Å². The quantitative estimate of drug-likeness (QED) is 0.674. The van der Waals surface area contributed by atoms with Gasteiger partial charge in [-0.25, -0.2) is 4.79 Å². The Morgan fingerprint density at radius 1 is 1.16 bits per heavy atom. The van der Waals surface area contributed by atoms with Crippen LogP contribution >= 0.6 is 11.3 Å². The Labute approximate surface area is 151 Å². The predicted octanol–water partition coefficient (Wildman–Crippen LogP) is 3.12. The van der Waals surface area contributed by atoms with Crippen molar-refractivity contribution in [2.24, 2.45) is 5.73 Å². The minimum absolute atomic E-state index is 0.101. The van der Waals surface area contributed by atoms with E-state index < -0.39 is 12.1 Å². The molecule has 0 aliphatic carbocycles. The minimum atomic E-state index is -0.645. The molecule has 1 aromatic carbocycles. The fraction of sp³-hybridized carbons (Fsp3) is 0.333. The lowest BCUT2D eigenvalue weighted by Crippen LogP contribution is -2.37. The molecule has 0 bridgehead atoms. The molecule has 2 unspecified atom stereocenters. The summed E-state index contributed by atoms with van der Waals surface area (Å²) >= 11 is 1.48. The molecule has 1 aromatic heterocycles. The Morgan fingerprint density at radius 3 is 2.40 bits per heavy atom. The number of nitrogens with one attached hydrogen (secondary N) is 2. The summed E-state index contributed by atoms with van der Waals surface area (Å²) < 4.78 is 5.16. The van der Waals surface area contributed by atoms with Gasteiger partial charge in [-0.15, -0.1) is 11.3 Å². The molecule has 0 spiro atoms. The molecular weight excluding hydrogens is 338 g/mol. The van der Waals surface area contributed by atoms with E-state index in [1.165, 1.54) is 11.3 Å². The van der Waals surface area contributed by atoms with E-state index in [0.717, 1.165) is 22.6 Å². The lowest BCUT2D eigenvalue weighted by Gasteiger charge is -2.21. The highest BCUT2D eigenvalue weighted by molar-refractivity contribution is 7.10. The first-order valence-electron chi connectivity index (χ1n) is 8.06. The van der Waals surface area contributed by atoms with Crippen LogP contribution in [0, 0.1) is 0 Å². The van der Waals surface area contributed by atoms with E-state index in [2.05, 4.69) is 10.6 Å². The Morgan fingerprint density at radius 2 is 1.88 bits per heavy atom. The standard InChI is InChI=1S/C18H23N3O3S/c1-3-14(12-6-8-13(24-2)9-7-12)20-17(22)11-15(21-18(19)23)16-5-4-10-25-16/h4-10,14-15H,3,11H2,1-2H3,(H,20,22)(H3,19,21,23). The number of carbonyl (C=O) groups is 2. The second kappa shape index (κ2) is 9.08. The van der Waals surface area contributed by atoms with E-state index in [9.17, 15) is 9.59 Å². The number of hydrogen-bond acceptors (Lipinski definition) is 4. The summed E-state index contributed by atoms with van der Waals surface area (Å²) in [7, 11) is 1.62. The van der Waals surface area contributed by atoms with Crippen LogP contribution in [0.4, 0.5) is 4.79 Å². The second-order valence-corrected chi connectivity index (χ2v) is 6.56. The van der Waals surface area contributed by atoms with Crippen molar-refractivity contribution in [3.63, 3.8) is 0 Å². The highest BCUT2D eigenvalue weighted by Gasteiger charge is 2.20. The van der Waals surface area contributed by atoms with E-state index in [4.69, 9.17) is 10.5 Å². The molecule has 0 aliphatic heterocycles. The average molecular weight is 361 g/mol. The van der Waals surface area contributed by atoms with Gasteiger partial charge in [-0.1, -0.05) is 25.1 Å². The highest BCUT2D eigenvalue weighted by Crippen LogP contribution is 2.24. The molecule has 2 atom stereocenters. The van der Waals surface area contributed by atoms with Crippen LogP contribution in [0.15, 0.2) is 41.8 Å². The van der Waals surface area contributed by atoms with E-state index in [0.29, 0.717) is 0 Å². The number of rotatable bonds is 8. The monoisotopic (exact) mass is 361 g/mol. The minimum Gasteiger partial charge on any atom is -0.497 e. The normalized spacial score (nSPS) is 12.9. The fourth-order valence-corrected chi connectivity index (χ4v) is 3.36. The molecule has 3 amide bonds. The van der Waals surface area contributed by atoms with Crippen LogP contribution in [-0.4, -0.2) is 19.0 Å². The van der Waals surface area contributed by atoms with Gasteiger partial charge < -0.3 is 21.1 Å². The molecule has 1 heterocycles. The van der Waals surface area contributed by atoms with Gasteiger partial charge in [-0.3, -0.25) is 4.79 Å². The zero-order chi connectivity index (χ0) is 18.2. The average Bonchev–Trinajstić information content (AvgIpc) is 3.13. The summed E-state index contributed by atoms with van der Waals surface area (Å²) in [4.78, 5) is 24.6. The third-order valence-electron chi connectivity index (χ3n) is 3.85.